The summed E-state index contributed by atoms with van der Waals surface area (Å²) in [7, 11) is 0. The number of amides is 1. The summed E-state index contributed by atoms with van der Waals surface area (Å²) in [6, 6.07) is 8.44. The van der Waals surface area contributed by atoms with Crippen LogP contribution in [0.25, 0.3) is 0 Å². The van der Waals surface area contributed by atoms with Crippen molar-refractivity contribution in [3.05, 3.63) is 35.4 Å². The average Bonchev–Trinajstić information content (AvgIpc) is 2.52. The van der Waals surface area contributed by atoms with E-state index in [2.05, 4.69) is 25.1 Å². The molecular weight excluding hydrogens is 272 g/mol. The lowest BCUT2D eigenvalue weighted by atomic mass is 9.73. The summed E-state index contributed by atoms with van der Waals surface area (Å²) in [4.78, 5) is 17.2. The van der Waals surface area contributed by atoms with Crippen LogP contribution in [0, 0.1) is 5.92 Å². The fourth-order valence-electron chi connectivity index (χ4n) is 4.10. The van der Waals surface area contributed by atoms with Crippen LogP contribution in [0.3, 0.4) is 0 Å². The minimum Gasteiger partial charge on any atom is -0.369 e. The molecule has 1 aliphatic carbocycles. The zero-order valence-electron chi connectivity index (χ0n) is 13.5. The fourth-order valence-corrected chi connectivity index (χ4v) is 4.10. The van der Waals surface area contributed by atoms with Gasteiger partial charge in [-0.05, 0) is 36.8 Å². The minimum absolute atomic E-state index is 0.0172. The molecule has 118 valence electrons. The molecule has 0 saturated heterocycles. The van der Waals surface area contributed by atoms with Gasteiger partial charge in [-0.2, -0.15) is 0 Å². The third-order valence-corrected chi connectivity index (χ3v) is 5.21. The van der Waals surface area contributed by atoms with E-state index in [-0.39, 0.29) is 17.4 Å². The smallest absolute Gasteiger partial charge is 0.226 e. The summed E-state index contributed by atoms with van der Waals surface area (Å²) in [5, 5.41) is 0. The Labute approximate surface area is 133 Å². The Morgan fingerprint density at radius 2 is 2.00 bits per heavy atom. The summed E-state index contributed by atoms with van der Waals surface area (Å²) in [5.74, 6) is -0.478. The van der Waals surface area contributed by atoms with Crippen LogP contribution in [-0.4, -0.2) is 17.2 Å². The van der Waals surface area contributed by atoms with E-state index in [0.717, 1.165) is 43.4 Å². The molecule has 1 aliphatic heterocycles. The number of hydrogen-bond donors (Lipinski definition) is 1. The number of nitrogens with zero attached hydrogens (tertiary/aromatic N) is 1. The molecule has 1 heterocycles. The standard InChI is InChI=1S/C19H26N2O/c1-2-8-16(18(20)22)17-15-10-5-4-9-14(15)13-19(21-17)11-6-3-7-12-19/h4-5,9-10,16H,2-3,6-8,11-13H2,1H3,(H2,20,22). The van der Waals surface area contributed by atoms with Gasteiger partial charge in [0.05, 0.1) is 17.2 Å². The zero-order chi connectivity index (χ0) is 15.6. The molecule has 1 amide bonds. The van der Waals surface area contributed by atoms with E-state index in [9.17, 15) is 4.79 Å². The second-order valence-electron chi connectivity index (χ2n) is 6.86. The van der Waals surface area contributed by atoms with Crippen molar-refractivity contribution in [1.29, 1.82) is 0 Å². The van der Waals surface area contributed by atoms with Crippen LogP contribution in [0.2, 0.25) is 0 Å². The molecule has 1 saturated carbocycles. The molecule has 1 atom stereocenters. The van der Waals surface area contributed by atoms with Gasteiger partial charge in [-0.3, -0.25) is 9.79 Å². The first-order valence-electron chi connectivity index (χ1n) is 8.62. The predicted molar refractivity (Wildman–Crippen MR) is 90.1 cm³/mol. The van der Waals surface area contributed by atoms with Crippen molar-refractivity contribution in [2.75, 3.05) is 0 Å². The van der Waals surface area contributed by atoms with E-state index in [0.29, 0.717) is 0 Å². The fraction of sp³-hybridized carbons (Fsp3) is 0.579. The first-order valence-corrected chi connectivity index (χ1v) is 8.62. The maximum Gasteiger partial charge on any atom is 0.226 e. The van der Waals surface area contributed by atoms with Crippen LogP contribution >= 0.6 is 0 Å². The van der Waals surface area contributed by atoms with Crippen LogP contribution < -0.4 is 5.73 Å². The highest BCUT2D eigenvalue weighted by atomic mass is 16.1. The number of benzene rings is 1. The normalized spacial score (nSPS) is 21.0. The Balaban J connectivity index is 2.07. The van der Waals surface area contributed by atoms with Gasteiger partial charge in [-0.15, -0.1) is 0 Å². The summed E-state index contributed by atoms with van der Waals surface area (Å²) < 4.78 is 0. The maximum absolute atomic E-state index is 12.0. The number of carbonyl (C=O) groups excluding carboxylic acids is 1. The third-order valence-electron chi connectivity index (χ3n) is 5.21. The van der Waals surface area contributed by atoms with Crippen molar-refractivity contribution in [3.8, 4) is 0 Å². The maximum atomic E-state index is 12.0. The molecule has 3 rings (SSSR count). The van der Waals surface area contributed by atoms with Gasteiger partial charge < -0.3 is 5.73 Å². The molecular formula is C19H26N2O. The topological polar surface area (TPSA) is 55.5 Å². The van der Waals surface area contributed by atoms with Crippen molar-refractivity contribution in [2.24, 2.45) is 16.6 Å². The number of aliphatic imine (C=N–C) groups is 1. The number of primary amides is 1. The van der Waals surface area contributed by atoms with Crippen LogP contribution in [0.15, 0.2) is 29.3 Å². The summed E-state index contributed by atoms with van der Waals surface area (Å²) in [6.07, 6.45) is 8.83. The monoisotopic (exact) mass is 298 g/mol. The van der Waals surface area contributed by atoms with Crippen LogP contribution in [0.4, 0.5) is 0 Å². The number of carbonyl (C=O) groups is 1. The Morgan fingerprint density at radius 1 is 1.27 bits per heavy atom. The minimum atomic E-state index is -0.245. The highest BCUT2D eigenvalue weighted by Gasteiger charge is 2.38. The summed E-state index contributed by atoms with van der Waals surface area (Å²) in [5.41, 5.74) is 9.18. The average molecular weight is 298 g/mol. The van der Waals surface area contributed by atoms with Crippen molar-refractivity contribution in [2.45, 2.75) is 63.8 Å². The van der Waals surface area contributed by atoms with Crippen molar-refractivity contribution in [3.63, 3.8) is 0 Å². The Morgan fingerprint density at radius 3 is 2.68 bits per heavy atom. The van der Waals surface area contributed by atoms with Crippen molar-refractivity contribution >= 4 is 11.6 Å². The second kappa shape index (κ2) is 6.23. The molecule has 1 fully saturated rings. The highest BCUT2D eigenvalue weighted by Crippen LogP contribution is 2.40. The van der Waals surface area contributed by atoms with E-state index in [1.165, 1.54) is 24.8 Å². The molecule has 1 aromatic carbocycles. The quantitative estimate of drug-likeness (QED) is 0.906. The second-order valence-corrected chi connectivity index (χ2v) is 6.86. The largest absolute Gasteiger partial charge is 0.369 e. The number of nitrogens with two attached hydrogens (primary N) is 1. The number of rotatable bonds is 4. The first kappa shape index (κ1) is 15.3. The van der Waals surface area contributed by atoms with Crippen LogP contribution in [-0.2, 0) is 11.2 Å². The SMILES string of the molecule is CCCC(C(N)=O)C1=NC2(CCCCC2)Cc2ccccc21. The Hall–Kier alpha value is -1.64. The highest BCUT2D eigenvalue weighted by molar-refractivity contribution is 6.14. The number of fused-ring (bicyclic) bond motifs is 1. The van der Waals surface area contributed by atoms with Crippen LogP contribution in [0.5, 0.6) is 0 Å². The van der Waals surface area contributed by atoms with Gasteiger partial charge in [0.25, 0.3) is 0 Å². The predicted octanol–water partition coefficient (Wildman–Crippen LogP) is 3.64. The molecule has 0 aromatic heterocycles. The molecule has 2 N–H and O–H groups in total. The lowest BCUT2D eigenvalue weighted by Crippen LogP contribution is -2.41. The molecule has 1 aromatic rings. The van der Waals surface area contributed by atoms with Gasteiger partial charge in [0, 0.05) is 0 Å². The molecule has 0 bridgehead atoms. The zero-order valence-corrected chi connectivity index (χ0v) is 13.5. The first-order chi connectivity index (χ1) is 10.7. The van der Waals surface area contributed by atoms with Crippen LogP contribution in [0.1, 0.15) is 63.0 Å². The Bertz CT molecular complexity index is 585. The molecule has 1 spiro atoms. The van der Waals surface area contributed by atoms with Gasteiger partial charge in [0.1, 0.15) is 0 Å². The number of hydrogen-bond acceptors (Lipinski definition) is 2. The van der Waals surface area contributed by atoms with E-state index >= 15 is 0 Å². The third kappa shape index (κ3) is 2.81. The Kier molecular flexibility index (Phi) is 4.32. The lowest BCUT2D eigenvalue weighted by molar-refractivity contribution is -0.120. The van der Waals surface area contributed by atoms with Gasteiger partial charge in [0.15, 0.2) is 0 Å². The molecule has 1 unspecified atom stereocenters. The van der Waals surface area contributed by atoms with Gasteiger partial charge in [-0.1, -0.05) is 56.9 Å². The lowest BCUT2D eigenvalue weighted by Gasteiger charge is -2.39. The van der Waals surface area contributed by atoms with E-state index in [4.69, 9.17) is 10.7 Å². The van der Waals surface area contributed by atoms with Crippen molar-refractivity contribution < 1.29 is 4.79 Å². The molecule has 3 nitrogen and oxygen atoms in total. The summed E-state index contributed by atoms with van der Waals surface area (Å²) in [6.45, 7) is 2.10. The van der Waals surface area contributed by atoms with E-state index < -0.39 is 0 Å². The van der Waals surface area contributed by atoms with Gasteiger partial charge in [0.2, 0.25) is 5.91 Å². The molecule has 22 heavy (non-hydrogen) atoms. The molecule has 3 heteroatoms. The van der Waals surface area contributed by atoms with E-state index in [1.54, 1.807) is 0 Å². The molecule has 2 aliphatic rings. The van der Waals surface area contributed by atoms with Crippen molar-refractivity contribution in [1.82, 2.24) is 0 Å². The summed E-state index contributed by atoms with van der Waals surface area (Å²) >= 11 is 0. The van der Waals surface area contributed by atoms with E-state index in [1.807, 2.05) is 6.07 Å². The molecule has 0 radical (unpaired) electrons. The van der Waals surface area contributed by atoms with Gasteiger partial charge in [-0.25, -0.2) is 0 Å². The van der Waals surface area contributed by atoms with Gasteiger partial charge >= 0.3 is 0 Å².